The topological polar surface area (TPSA) is 35.2 Å². The van der Waals surface area contributed by atoms with Gasteiger partial charge in [-0.15, -0.1) is 11.6 Å². The molecule has 0 heterocycles. The van der Waals surface area contributed by atoms with Crippen LogP contribution in [0.1, 0.15) is 36.4 Å². The number of halogens is 1. The first kappa shape index (κ1) is 11.3. The average Bonchev–Trinajstić information content (AvgIpc) is 2.16. The van der Waals surface area contributed by atoms with E-state index in [1.54, 1.807) is 7.11 Å². The molecule has 2 N–H and O–H groups in total. The van der Waals surface area contributed by atoms with Crippen LogP contribution >= 0.6 is 11.6 Å². The smallest absolute Gasteiger partial charge is 0.124 e. The van der Waals surface area contributed by atoms with Crippen molar-refractivity contribution in [3.05, 3.63) is 29.3 Å². The van der Waals surface area contributed by atoms with E-state index in [1.165, 1.54) is 5.56 Å². The fourth-order valence-corrected chi connectivity index (χ4v) is 1.50. The van der Waals surface area contributed by atoms with Crippen LogP contribution in [0.5, 0.6) is 5.75 Å². The van der Waals surface area contributed by atoms with Gasteiger partial charge < -0.3 is 10.5 Å². The largest absolute Gasteiger partial charge is 0.496 e. The van der Waals surface area contributed by atoms with E-state index in [1.807, 2.05) is 18.2 Å². The van der Waals surface area contributed by atoms with Crippen molar-refractivity contribution in [1.29, 1.82) is 0 Å². The maximum atomic E-state index is 5.86. The van der Waals surface area contributed by atoms with E-state index in [9.17, 15) is 0 Å². The van der Waals surface area contributed by atoms with E-state index in [-0.39, 0.29) is 0 Å². The van der Waals surface area contributed by atoms with Crippen LogP contribution in [0.3, 0.4) is 0 Å². The first-order chi connectivity index (χ1) is 6.56. The van der Waals surface area contributed by atoms with Gasteiger partial charge in [-0.25, -0.2) is 0 Å². The van der Waals surface area contributed by atoms with E-state index >= 15 is 0 Å². The zero-order chi connectivity index (χ0) is 10.7. The van der Waals surface area contributed by atoms with E-state index < -0.39 is 5.50 Å². The van der Waals surface area contributed by atoms with Crippen LogP contribution in [-0.4, -0.2) is 7.11 Å². The normalized spacial score (nSPS) is 13.0. The molecule has 0 saturated carbocycles. The first-order valence-corrected chi connectivity index (χ1v) is 5.07. The number of methoxy groups -OCH3 is 1. The van der Waals surface area contributed by atoms with Gasteiger partial charge in [-0.1, -0.05) is 19.9 Å². The first-order valence-electron chi connectivity index (χ1n) is 4.63. The molecule has 0 radical (unpaired) electrons. The summed E-state index contributed by atoms with van der Waals surface area (Å²) in [5.41, 5.74) is 7.20. The van der Waals surface area contributed by atoms with Gasteiger partial charge in [0.15, 0.2) is 0 Å². The highest BCUT2D eigenvalue weighted by atomic mass is 35.5. The third-order valence-electron chi connectivity index (χ3n) is 2.22. The number of hydrogen-bond donors (Lipinski definition) is 1. The molecule has 0 aliphatic rings. The van der Waals surface area contributed by atoms with Crippen LogP contribution in [-0.2, 0) is 0 Å². The molecule has 1 aromatic carbocycles. The summed E-state index contributed by atoms with van der Waals surface area (Å²) in [6.07, 6.45) is 0. The molecule has 0 bridgehead atoms. The molecular formula is C11H16ClNO. The second kappa shape index (κ2) is 4.67. The van der Waals surface area contributed by atoms with Gasteiger partial charge in [0, 0.05) is 5.56 Å². The summed E-state index contributed by atoms with van der Waals surface area (Å²) >= 11 is 5.86. The lowest BCUT2D eigenvalue weighted by atomic mass is 10.0. The monoisotopic (exact) mass is 213 g/mol. The second-order valence-corrected chi connectivity index (χ2v) is 4.03. The highest BCUT2D eigenvalue weighted by Crippen LogP contribution is 2.29. The Bertz CT molecular complexity index is 310. The molecule has 1 atom stereocenters. The number of alkyl halides is 1. The Hall–Kier alpha value is -0.730. The van der Waals surface area contributed by atoms with Crippen molar-refractivity contribution in [3.8, 4) is 5.75 Å². The Balaban J connectivity index is 3.14. The molecule has 0 saturated heterocycles. The molecule has 0 fully saturated rings. The lowest BCUT2D eigenvalue weighted by molar-refractivity contribution is 0.409. The van der Waals surface area contributed by atoms with Crippen molar-refractivity contribution >= 4 is 11.6 Å². The van der Waals surface area contributed by atoms with Gasteiger partial charge in [0.25, 0.3) is 0 Å². The maximum absolute atomic E-state index is 5.86. The van der Waals surface area contributed by atoms with Crippen molar-refractivity contribution in [2.24, 2.45) is 5.73 Å². The molecule has 78 valence electrons. The number of benzene rings is 1. The van der Waals surface area contributed by atoms with E-state index in [4.69, 9.17) is 22.1 Å². The third-order valence-corrected chi connectivity index (χ3v) is 2.45. The van der Waals surface area contributed by atoms with E-state index in [0.29, 0.717) is 5.92 Å². The summed E-state index contributed by atoms with van der Waals surface area (Å²) in [6, 6.07) is 5.94. The molecule has 1 aromatic rings. The lowest BCUT2D eigenvalue weighted by Crippen LogP contribution is -2.05. The molecule has 0 aliphatic heterocycles. The number of rotatable bonds is 3. The van der Waals surface area contributed by atoms with Gasteiger partial charge in [0.2, 0.25) is 0 Å². The molecule has 0 spiro atoms. The molecule has 0 amide bonds. The van der Waals surface area contributed by atoms with Crippen molar-refractivity contribution < 1.29 is 4.74 Å². The van der Waals surface area contributed by atoms with Gasteiger partial charge in [-0.05, 0) is 23.6 Å². The highest BCUT2D eigenvalue weighted by Gasteiger charge is 2.11. The van der Waals surface area contributed by atoms with E-state index in [0.717, 1.165) is 11.3 Å². The van der Waals surface area contributed by atoms with Crippen LogP contribution < -0.4 is 10.5 Å². The summed E-state index contributed by atoms with van der Waals surface area (Å²) < 4.78 is 5.18. The molecule has 2 nitrogen and oxygen atoms in total. The summed E-state index contributed by atoms with van der Waals surface area (Å²) in [7, 11) is 1.62. The quantitative estimate of drug-likeness (QED) is 0.619. The Morgan fingerprint density at radius 2 is 2.00 bits per heavy atom. The lowest BCUT2D eigenvalue weighted by Gasteiger charge is -2.13. The summed E-state index contributed by atoms with van der Waals surface area (Å²) in [6.45, 7) is 4.26. The van der Waals surface area contributed by atoms with Crippen molar-refractivity contribution in [3.63, 3.8) is 0 Å². The minimum Gasteiger partial charge on any atom is -0.496 e. The standard InChI is InChI=1S/C11H16ClNO/c1-7(2)8-4-5-10(14-3)9(6-8)11(12)13/h4-7,11H,13H2,1-3H3. The van der Waals surface area contributed by atoms with Crippen LogP contribution in [0.25, 0.3) is 0 Å². The molecule has 1 unspecified atom stereocenters. The zero-order valence-electron chi connectivity index (χ0n) is 8.75. The third kappa shape index (κ3) is 2.40. The predicted molar refractivity (Wildman–Crippen MR) is 59.9 cm³/mol. The number of ether oxygens (including phenoxy) is 1. The predicted octanol–water partition coefficient (Wildman–Crippen LogP) is 3.01. The number of nitrogens with two attached hydrogens (primary N) is 1. The number of hydrogen-bond acceptors (Lipinski definition) is 2. The Kier molecular flexibility index (Phi) is 3.78. The molecule has 14 heavy (non-hydrogen) atoms. The van der Waals surface area contributed by atoms with Gasteiger partial charge in [-0.3, -0.25) is 0 Å². The fourth-order valence-electron chi connectivity index (χ4n) is 1.33. The minimum atomic E-state index is -0.511. The zero-order valence-corrected chi connectivity index (χ0v) is 9.51. The van der Waals surface area contributed by atoms with Crippen LogP contribution in [0.4, 0.5) is 0 Å². The van der Waals surface area contributed by atoms with Gasteiger partial charge in [0.05, 0.1) is 7.11 Å². The molecule has 0 aromatic heterocycles. The second-order valence-electron chi connectivity index (χ2n) is 3.56. The fraction of sp³-hybridized carbons (Fsp3) is 0.455. The maximum Gasteiger partial charge on any atom is 0.124 e. The van der Waals surface area contributed by atoms with Crippen molar-refractivity contribution in [2.75, 3.05) is 7.11 Å². The summed E-state index contributed by atoms with van der Waals surface area (Å²) in [4.78, 5) is 0. The molecular weight excluding hydrogens is 198 g/mol. The molecule has 3 heteroatoms. The van der Waals surface area contributed by atoms with Gasteiger partial charge in [-0.2, -0.15) is 0 Å². The Labute approximate surface area is 90.0 Å². The Morgan fingerprint density at radius 3 is 2.43 bits per heavy atom. The van der Waals surface area contributed by atoms with Crippen molar-refractivity contribution in [2.45, 2.75) is 25.3 Å². The van der Waals surface area contributed by atoms with Crippen LogP contribution in [0, 0.1) is 0 Å². The van der Waals surface area contributed by atoms with Crippen LogP contribution in [0.15, 0.2) is 18.2 Å². The van der Waals surface area contributed by atoms with Crippen LogP contribution in [0.2, 0.25) is 0 Å². The highest BCUT2D eigenvalue weighted by molar-refractivity contribution is 6.20. The minimum absolute atomic E-state index is 0.468. The molecule has 1 rings (SSSR count). The average molecular weight is 214 g/mol. The van der Waals surface area contributed by atoms with Crippen molar-refractivity contribution in [1.82, 2.24) is 0 Å². The molecule has 0 aliphatic carbocycles. The SMILES string of the molecule is COc1ccc(C(C)C)cc1C(N)Cl. The Morgan fingerprint density at radius 1 is 1.36 bits per heavy atom. The van der Waals surface area contributed by atoms with Gasteiger partial charge >= 0.3 is 0 Å². The summed E-state index contributed by atoms with van der Waals surface area (Å²) in [5, 5.41) is 0. The van der Waals surface area contributed by atoms with Gasteiger partial charge in [0.1, 0.15) is 11.3 Å². The summed E-state index contributed by atoms with van der Waals surface area (Å²) in [5.74, 6) is 1.21. The van der Waals surface area contributed by atoms with E-state index in [2.05, 4.69) is 13.8 Å².